The van der Waals surface area contributed by atoms with Gasteiger partial charge in [-0.3, -0.25) is 23.6 Å². The fourth-order valence-electron chi connectivity index (χ4n) is 2.62. The largest absolute Gasteiger partial charge is 1.00 e. The van der Waals surface area contributed by atoms with E-state index >= 15 is 0 Å². The van der Waals surface area contributed by atoms with Crippen LogP contribution in [0.3, 0.4) is 0 Å². The summed E-state index contributed by atoms with van der Waals surface area (Å²) >= 11 is 2.37. The van der Waals surface area contributed by atoms with Crippen molar-refractivity contribution in [1.29, 1.82) is 0 Å². The maximum Gasteiger partial charge on any atom is 1.00 e. The van der Waals surface area contributed by atoms with Crippen molar-refractivity contribution in [3.05, 3.63) is 35.0 Å². The first-order chi connectivity index (χ1) is 14.4. The van der Waals surface area contributed by atoms with Crippen molar-refractivity contribution in [1.82, 2.24) is 15.2 Å². The van der Waals surface area contributed by atoms with Gasteiger partial charge in [0.05, 0.1) is 0 Å². The van der Waals surface area contributed by atoms with Gasteiger partial charge in [0.2, 0.25) is 0 Å². The predicted octanol–water partition coefficient (Wildman–Crippen LogP) is -3.71. The Morgan fingerprint density at radius 1 is 1.44 bits per heavy atom. The molecule has 2 amide bonds. The Morgan fingerprint density at radius 2 is 2.03 bits per heavy atom. The number of hydrogen-bond acceptors (Lipinski definition) is 11. The van der Waals surface area contributed by atoms with E-state index in [1.165, 1.54) is 23.2 Å². The maximum atomic E-state index is 12.4. The van der Waals surface area contributed by atoms with Crippen molar-refractivity contribution in [2.45, 2.75) is 11.4 Å². The Balaban J connectivity index is 0.00000133. The molecular formula is C14H16N5NaO9S3. The Labute approximate surface area is 212 Å². The van der Waals surface area contributed by atoms with Crippen LogP contribution in [0.15, 0.2) is 34.5 Å². The van der Waals surface area contributed by atoms with E-state index in [9.17, 15) is 19.5 Å². The molecule has 3 heterocycles. The molecular weight excluding hydrogens is 501 g/mol. The Bertz CT molecular complexity index is 1100. The molecule has 1 aromatic heterocycles. The number of anilines is 1. The summed E-state index contributed by atoms with van der Waals surface area (Å²) < 4.78 is 31.6. The first-order valence-corrected chi connectivity index (χ1v) is 11.2. The average molecular weight is 517 g/mol. The summed E-state index contributed by atoms with van der Waals surface area (Å²) in [6, 6.07) is -0.944. The van der Waals surface area contributed by atoms with E-state index < -0.39 is 39.6 Å². The Hall–Kier alpha value is -1.99. The van der Waals surface area contributed by atoms with E-state index in [0.29, 0.717) is 11.3 Å². The van der Waals surface area contributed by atoms with Crippen molar-refractivity contribution in [2.75, 3.05) is 11.5 Å². The molecule has 7 N–H and O–H groups in total. The standard InChI is InChI=1S/C14H13N5O5S2.Na.H2O4S.H/c1-2-5-3-25-12-8(11(21)19(12)9(5)13(22)23)17-10(20)7(18-24)6-4-26-14(15)16-6;;1-5(2,3)4;/h2,4,8,12,24H,1,3H2,(H2,15,16)(H,17,20)(H,22,23);;(H2,1,2,3,4);/q;+1;;-1/b18-7-;;;/t8-,12-;;;/m1.../s1. The van der Waals surface area contributed by atoms with Gasteiger partial charge in [0.1, 0.15) is 22.8 Å². The monoisotopic (exact) mass is 517 g/mol. The fourth-order valence-corrected chi connectivity index (χ4v) is 4.51. The number of nitrogens with zero attached hydrogens (tertiary/aromatic N) is 3. The molecule has 14 nitrogen and oxygen atoms in total. The minimum Gasteiger partial charge on any atom is -1.00 e. The van der Waals surface area contributed by atoms with E-state index in [-0.39, 0.29) is 53.2 Å². The molecule has 0 radical (unpaired) electrons. The van der Waals surface area contributed by atoms with Crippen molar-refractivity contribution in [2.24, 2.45) is 5.16 Å². The number of nitrogens with two attached hydrogens (primary N) is 1. The van der Waals surface area contributed by atoms with Crippen LogP contribution in [0.4, 0.5) is 5.13 Å². The number of aromatic nitrogens is 1. The SMILES string of the molecule is C=CC1=C(C(=O)O)N2C(=O)[C@@H](NC(=O)/C(=N\O)c3csc(N)n3)[C@H]2SC1.O=S(=O)(O)O.[H-].[Na+]. The van der Waals surface area contributed by atoms with Crippen LogP contribution in [-0.4, -0.2) is 78.4 Å². The second kappa shape index (κ2) is 11.2. The summed E-state index contributed by atoms with van der Waals surface area (Å²) in [6.07, 6.45) is 1.40. The zero-order chi connectivity index (χ0) is 23.5. The third-order valence-electron chi connectivity index (χ3n) is 3.81. The number of nitrogen functional groups attached to an aromatic ring is 1. The summed E-state index contributed by atoms with van der Waals surface area (Å²) in [5.41, 5.74) is 5.49. The number of carbonyl (C=O) groups excluding carboxylic acids is 2. The van der Waals surface area contributed by atoms with Gasteiger partial charge in [-0.25, -0.2) is 9.78 Å². The maximum absolute atomic E-state index is 12.4. The van der Waals surface area contributed by atoms with E-state index in [4.69, 9.17) is 28.5 Å². The van der Waals surface area contributed by atoms with Crippen LogP contribution < -0.4 is 40.6 Å². The smallest absolute Gasteiger partial charge is 1.00 e. The van der Waals surface area contributed by atoms with Gasteiger partial charge in [-0.15, -0.1) is 23.1 Å². The minimum atomic E-state index is -4.67. The molecule has 32 heavy (non-hydrogen) atoms. The van der Waals surface area contributed by atoms with Crippen molar-refractivity contribution in [3.8, 4) is 0 Å². The minimum absolute atomic E-state index is 0. The molecule has 0 bridgehead atoms. The molecule has 2 aliphatic heterocycles. The van der Waals surface area contributed by atoms with E-state index in [1.54, 1.807) is 0 Å². The van der Waals surface area contributed by atoms with Gasteiger partial charge < -0.3 is 22.8 Å². The van der Waals surface area contributed by atoms with E-state index in [2.05, 4.69) is 22.0 Å². The Kier molecular flexibility index (Phi) is 9.85. The quantitative estimate of drug-likeness (QED) is 0.0553. The number of carboxylic acids is 1. The van der Waals surface area contributed by atoms with Gasteiger partial charge in [-0.1, -0.05) is 17.8 Å². The number of rotatable bonds is 5. The zero-order valence-corrected chi connectivity index (χ0v) is 20.6. The van der Waals surface area contributed by atoms with Gasteiger partial charge in [0.25, 0.3) is 11.8 Å². The molecule has 2 atom stereocenters. The van der Waals surface area contributed by atoms with Gasteiger partial charge in [0, 0.05) is 11.1 Å². The molecule has 0 saturated carbocycles. The molecule has 3 rings (SSSR count). The second-order valence-corrected chi connectivity index (χ2v) is 8.60. The van der Waals surface area contributed by atoms with Crippen LogP contribution in [0.25, 0.3) is 0 Å². The molecule has 170 valence electrons. The number of aliphatic carboxylic acids is 1. The molecule has 1 aromatic rings. The number of carbonyl (C=O) groups is 3. The number of hydrogen-bond donors (Lipinski definition) is 6. The number of oxime groups is 1. The first kappa shape index (κ1) is 28.0. The van der Waals surface area contributed by atoms with Gasteiger partial charge in [-0.05, 0) is 5.57 Å². The van der Waals surface area contributed by atoms with Crippen LogP contribution in [0, 0.1) is 0 Å². The van der Waals surface area contributed by atoms with E-state index in [0.717, 1.165) is 16.2 Å². The van der Waals surface area contributed by atoms with Crippen LogP contribution in [-0.2, 0) is 24.8 Å². The number of thiazole rings is 1. The summed E-state index contributed by atoms with van der Waals surface area (Å²) in [6.45, 7) is 3.56. The number of thioether (sulfide) groups is 1. The first-order valence-electron chi connectivity index (χ1n) is 7.86. The van der Waals surface area contributed by atoms with Crippen LogP contribution in [0.2, 0.25) is 0 Å². The van der Waals surface area contributed by atoms with Gasteiger partial charge in [0.15, 0.2) is 10.8 Å². The summed E-state index contributed by atoms with van der Waals surface area (Å²) in [7, 11) is -4.67. The zero-order valence-electron chi connectivity index (χ0n) is 17.2. The molecule has 0 aliphatic carbocycles. The average Bonchev–Trinajstić information content (AvgIpc) is 3.09. The topological polar surface area (TPSA) is 233 Å². The fraction of sp³-hybridized carbons (Fsp3) is 0.214. The van der Waals surface area contributed by atoms with Gasteiger partial charge in [-0.2, -0.15) is 8.42 Å². The number of fused-ring (bicyclic) bond motifs is 1. The van der Waals surface area contributed by atoms with Gasteiger partial charge >= 0.3 is 45.9 Å². The molecule has 2 aliphatic rings. The molecule has 1 saturated heterocycles. The number of amides is 2. The summed E-state index contributed by atoms with van der Waals surface area (Å²) in [5, 5.41) is 24.9. The van der Waals surface area contributed by atoms with Crippen molar-refractivity contribution in [3.63, 3.8) is 0 Å². The Morgan fingerprint density at radius 3 is 2.47 bits per heavy atom. The van der Waals surface area contributed by atoms with Crippen molar-refractivity contribution >= 4 is 62.1 Å². The number of β-lactam (4-membered cyclic amide) rings is 1. The number of allylic oxidation sites excluding steroid dienone is 1. The third-order valence-corrected chi connectivity index (χ3v) is 5.79. The molecule has 0 spiro atoms. The van der Waals surface area contributed by atoms with Crippen LogP contribution in [0.1, 0.15) is 7.12 Å². The molecule has 1 fully saturated rings. The molecule has 0 aromatic carbocycles. The van der Waals surface area contributed by atoms with Crippen LogP contribution in [0.5, 0.6) is 0 Å². The summed E-state index contributed by atoms with van der Waals surface area (Å²) in [4.78, 5) is 41.2. The molecule has 18 heteroatoms. The third kappa shape index (κ3) is 6.51. The number of carboxylic acid groups (broad SMARTS) is 1. The molecule has 0 unspecified atom stereocenters. The normalized spacial score (nSPS) is 20.1. The van der Waals surface area contributed by atoms with Crippen LogP contribution >= 0.6 is 23.1 Å². The number of nitrogens with one attached hydrogen (secondary N) is 1. The van der Waals surface area contributed by atoms with E-state index in [1.807, 2.05) is 0 Å². The summed E-state index contributed by atoms with van der Waals surface area (Å²) in [5.74, 6) is -2.27. The van der Waals surface area contributed by atoms with Crippen molar-refractivity contribution < 1.29 is 73.2 Å². The second-order valence-electron chi connectivity index (χ2n) is 5.71. The predicted molar refractivity (Wildman–Crippen MR) is 110 cm³/mol.